The van der Waals surface area contributed by atoms with E-state index in [1.807, 2.05) is 0 Å². The molecule has 0 saturated carbocycles. The molecule has 0 radical (unpaired) electrons. The van der Waals surface area contributed by atoms with Gasteiger partial charge in [0.1, 0.15) is 12.7 Å². The van der Waals surface area contributed by atoms with Crippen molar-refractivity contribution in [1.29, 1.82) is 0 Å². The predicted molar refractivity (Wildman–Crippen MR) is 167 cm³/mol. The summed E-state index contributed by atoms with van der Waals surface area (Å²) in [6.45, 7) is -0.456. The van der Waals surface area contributed by atoms with E-state index in [4.69, 9.17) is 35.9 Å². The number of esters is 4. The van der Waals surface area contributed by atoms with Crippen molar-refractivity contribution < 1.29 is 42.9 Å². The van der Waals surface area contributed by atoms with E-state index in [9.17, 15) is 19.2 Å². The number of nitrogens with zero attached hydrogens (tertiary/aromatic N) is 1. The highest BCUT2D eigenvalue weighted by Gasteiger charge is 2.53. The number of ether oxygens (including phenoxy) is 5. The number of carbonyl (C=O) groups is 4. The van der Waals surface area contributed by atoms with Gasteiger partial charge in [-0.05, 0) is 60.7 Å². The second-order valence-electron chi connectivity index (χ2n) is 9.96. The molecule has 1 saturated heterocycles. The van der Waals surface area contributed by atoms with Crippen molar-refractivity contribution in [2.75, 3.05) is 6.61 Å². The molecule has 0 unspecified atom stereocenters. The average Bonchev–Trinajstić information content (AvgIpc) is 3.11. The lowest BCUT2D eigenvalue weighted by Crippen LogP contribution is -2.62. The molecular formula is C35H27NO9S. The first-order valence-corrected chi connectivity index (χ1v) is 14.6. The van der Waals surface area contributed by atoms with E-state index in [-0.39, 0.29) is 22.3 Å². The Kier molecular flexibility index (Phi) is 10.8. The molecule has 0 spiro atoms. The lowest BCUT2D eigenvalue weighted by molar-refractivity contribution is -0.226. The van der Waals surface area contributed by atoms with Gasteiger partial charge >= 0.3 is 23.9 Å². The fraction of sp³-hybridized carbons (Fsp3) is 0.171. The number of rotatable bonds is 10. The standard InChI is InChI=1S/C35H27NO9S/c37-32(23-13-5-1-6-14-23)41-21-27-28(43-33(38)24-15-7-2-8-16-24)29(44-34(39)25-17-9-3-10-18-25)30(31(42-27)36-22-46)45-35(40)26-19-11-4-12-20-26/h1-20,27-31H,21H2/t27-,28-,29+,30-,31+/m1/s1. The van der Waals surface area contributed by atoms with Gasteiger partial charge in [0.25, 0.3) is 0 Å². The third-order valence-electron chi connectivity index (χ3n) is 6.94. The van der Waals surface area contributed by atoms with Gasteiger partial charge in [0.2, 0.25) is 0 Å². The normalized spacial score (nSPS) is 20.3. The van der Waals surface area contributed by atoms with Crippen LogP contribution in [0.1, 0.15) is 41.4 Å². The van der Waals surface area contributed by atoms with Gasteiger partial charge < -0.3 is 23.7 Å². The molecule has 0 N–H and O–H groups in total. The van der Waals surface area contributed by atoms with Gasteiger partial charge in [-0.2, -0.15) is 4.99 Å². The molecule has 1 fully saturated rings. The Balaban J connectivity index is 1.53. The van der Waals surface area contributed by atoms with Gasteiger partial charge in [0, 0.05) is 0 Å². The summed E-state index contributed by atoms with van der Waals surface area (Å²) in [6.07, 6.45) is -7.05. The van der Waals surface area contributed by atoms with E-state index in [1.54, 1.807) is 84.9 Å². The minimum Gasteiger partial charge on any atom is -0.459 e. The Morgan fingerprint density at radius 2 is 0.935 bits per heavy atom. The van der Waals surface area contributed by atoms with Crippen LogP contribution in [0.3, 0.4) is 0 Å². The van der Waals surface area contributed by atoms with Crippen LogP contribution in [0.25, 0.3) is 0 Å². The molecule has 0 amide bonds. The number of aliphatic imine (C=N–C) groups is 1. The van der Waals surface area contributed by atoms with Crippen LogP contribution in [0.5, 0.6) is 0 Å². The first-order valence-electron chi connectivity index (χ1n) is 14.2. The molecule has 0 aliphatic carbocycles. The highest BCUT2D eigenvalue weighted by Crippen LogP contribution is 2.31. The molecule has 10 nitrogen and oxygen atoms in total. The highest BCUT2D eigenvalue weighted by molar-refractivity contribution is 7.78. The van der Waals surface area contributed by atoms with Crippen molar-refractivity contribution >= 4 is 41.3 Å². The first-order chi connectivity index (χ1) is 22.4. The lowest BCUT2D eigenvalue weighted by atomic mass is 9.97. The summed E-state index contributed by atoms with van der Waals surface area (Å²) in [5.41, 5.74) is 0.827. The zero-order chi connectivity index (χ0) is 32.3. The Morgan fingerprint density at radius 3 is 1.35 bits per heavy atom. The van der Waals surface area contributed by atoms with E-state index < -0.39 is 61.1 Å². The minimum atomic E-state index is -1.50. The third-order valence-corrected chi connectivity index (χ3v) is 7.04. The van der Waals surface area contributed by atoms with E-state index in [0.29, 0.717) is 0 Å². The number of carbonyl (C=O) groups excluding carboxylic acids is 4. The van der Waals surface area contributed by atoms with Gasteiger partial charge in [-0.3, -0.25) is 0 Å². The fourth-order valence-electron chi connectivity index (χ4n) is 4.70. The molecule has 1 aliphatic heterocycles. The van der Waals surface area contributed by atoms with Crippen molar-refractivity contribution in [2.45, 2.75) is 30.6 Å². The van der Waals surface area contributed by atoms with E-state index in [2.05, 4.69) is 10.2 Å². The van der Waals surface area contributed by atoms with Gasteiger partial charge in [-0.25, -0.2) is 19.2 Å². The summed E-state index contributed by atoms with van der Waals surface area (Å²) in [6, 6.07) is 32.5. The molecule has 11 heteroatoms. The molecule has 4 aromatic carbocycles. The number of isothiocyanates is 1. The molecule has 1 heterocycles. The average molecular weight is 638 g/mol. The predicted octanol–water partition coefficient (Wildman–Crippen LogP) is 5.35. The molecule has 5 atom stereocenters. The van der Waals surface area contributed by atoms with Crippen LogP contribution in [-0.4, -0.2) is 66.3 Å². The summed E-state index contributed by atoms with van der Waals surface area (Å²) < 4.78 is 29.3. The third kappa shape index (κ3) is 7.96. The number of thiocarbonyl (C=S) groups is 1. The Labute approximate surface area is 269 Å². The lowest BCUT2D eigenvalue weighted by Gasteiger charge is -2.43. The highest BCUT2D eigenvalue weighted by atomic mass is 32.1. The van der Waals surface area contributed by atoms with E-state index in [1.165, 1.54) is 36.4 Å². The van der Waals surface area contributed by atoms with Crippen molar-refractivity contribution in [3.05, 3.63) is 144 Å². The largest absolute Gasteiger partial charge is 0.459 e. The van der Waals surface area contributed by atoms with Crippen molar-refractivity contribution in [3.63, 3.8) is 0 Å². The number of hydrogen-bond donors (Lipinski definition) is 0. The summed E-state index contributed by atoms with van der Waals surface area (Å²) in [7, 11) is 0. The van der Waals surface area contributed by atoms with Crippen LogP contribution in [0.15, 0.2) is 126 Å². The molecule has 1 aliphatic rings. The maximum atomic E-state index is 13.4. The summed E-state index contributed by atoms with van der Waals surface area (Å²) >= 11 is 4.85. The molecule has 0 aromatic heterocycles. The fourth-order valence-corrected chi connectivity index (χ4v) is 4.80. The second-order valence-corrected chi connectivity index (χ2v) is 10.1. The Bertz CT molecular complexity index is 1700. The van der Waals surface area contributed by atoms with E-state index in [0.717, 1.165) is 0 Å². The van der Waals surface area contributed by atoms with Crippen LogP contribution >= 0.6 is 12.2 Å². The van der Waals surface area contributed by atoms with Gasteiger partial charge in [0.05, 0.1) is 27.4 Å². The molecular weight excluding hydrogens is 610 g/mol. The smallest absolute Gasteiger partial charge is 0.338 e. The van der Waals surface area contributed by atoms with Crippen molar-refractivity contribution in [3.8, 4) is 0 Å². The van der Waals surface area contributed by atoms with Gasteiger partial charge in [-0.15, -0.1) is 0 Å². The zero-order valence-corrected chi connectivity index (χ0v) is 25.0. The summed E-state index contributed by atoms with van der Waals surface area (Å²) in [4.78, 5) is 57.0. The molecule has 4 aromatic rings. The van der Waals surface area contributed by atoms with Crippen LogP contribution in [-0.2, 0) is 23.7 Å². The van der Waals surface area contributed by atoms with Crippen molar-refractivity contribution in [2.24, 2.45) is 4.99 Å². The maximum absolute atomic E-state index is 13.4. The SMILES string of the molecule is O=C(OC[C@H]1O[C@H](N=C=S)[C@H](OC(=O)c2ccccc2)[C@@H](OC(=O)c2ccccc2)[C@@H]1OC(=O)c1ccccc1)c1ccccc1. The van der Waals surface area contributed by atoms with Crippen LogP contribution in [0.2, 0.25) is 0 Å². The minimum absolute atomic E-state index is 0.178. The first kappa shape index (κ1) is 31.9. The summed E-state index contributed by atoms with van der Waals surface area (Å²) in [5.74, 6) is -3.07. The maximum Gasteiger partial charge on any atom is 0.338 e. The molecule has 232 valence electrons. The van der Waals surface area contributed by atoms with Crippen LogP contribution < -0.4 is 0 Å². The second kappa shape index (κ2) is 15.5. The Hall–Kier alpha value is -5.48. The molecule has 5 rings (SSSR count). The number of benzene rings is 4. The summed E-state index contributed by atoms with van der Waals surface area (Å²) in [5, 5.41) is 2.21. The zero-order valence-electron chi connectivity index (χ0n) is 24.2. The quantitative estimate of drug-likeness (QED) is 0.0972. The van der Waals surface area contributed by atoms with Crippen molar-refractivity contribution in [1.82, 2.24) is 0 Å². The molecule has 0 bridgehead atoms. The van der Waals surface area contributed by atoms with Gasteiger partial charge in [0.15, 0.2) is 24.5 Å². The molecule has 46 heavy (non-hydrogen) atoms. The van der Waals surface area contributed by atoms with Crippen LogP contribution in [0.4, 0.5) is 0 Å². The Morgan fingerprint density at radius 1 is 0.565 bits per heavy atom. The monoisotopic (exact) mass is 637 g/mol. The topological polar surface area (TPSA) is 127 Å². The number of hydrogen-bond acceptors (Lipinski definition) is 11. The van der Waals surface area contributed by atoms with E-state index >= 15 is 0 Å². The van der Waals surface area contributed by atoms with Crippen LogP contribution in [0, 0.1) is 0 Å². The van der Waals surface area contributed by atoms with Gasteiger partial charge in [-0.1, -0.05) is 72.8 Å².